The van der Waals surface area contributed by atoms with Gasteiger partial charge in [0.2, 0.25) is 5.91 Å². The van der Waals surface area contributed by atoms with Gasteiger partial charge in [0.25, 0.3) is 0 Å². The van der Waals surface area contributed by atoms with Crippen LogP contribution in [0.15, 0.2) is 36.4 Å². The number of carbonyl (C=O) groups is 1. The Morgan fingerprint density at radius 3 is 2.52 bits per heavy atom. The quantitative estimate of drug-likeness (QED) is 0.736. The van der Waals surface area contributed by atoms with Crippen LogP contribution in [0.1, 0.15) is 36.5 Å². The third-order valence-corrected chi connectivity index (χ3v) is 5.83. The number of benzene rings is 2. The predicted octanol–water partition coefficient (Wildman–Crippen LogP) is 4.32. The van der Waals surface area contributed by atoms with Crippen LogP contribution < -0.4 is 10.1 Å². The molecule has 1 atom stereocenters. The molecule has 1 amide bonds. The lowest BCUT2D eigenvalue weighted by Gasteiger charge is -2.39. The maximum atomic E-state index is 11.1. The van der Waals surface area contributed by atoms with E-state index in [0.29, 0.717) is 6.54 Å². The van der Waals surface area contributed by atoms with Crippen molar-refractivity contribution in [3.05, 3.63) is 58.1 Å². The summed E-state index contributed by atoms with van der Waals surface area (Å²) in [6.07, 6.45) is 1.64. The molecule has 156 valence electrons. The van der Waals surface area contributed by atoms with Crippen molar-refractivity contribution in [2.75, 3.05) is 25.0 Å². The zero-order valence-corrected chi connectivity index (χ0v) is 18.1. The second-order valence-electron chi connectivity index (χ2n) is 8.08. The van der Waals surface area contributed by atoms with Crippen LogP contribution in [0.3, 0.4) is 0 Å². The zero-order valence-electron chi connectivity index (χ0n) is 17.3. The molecule has 0 spiro atoms. The van der Waals surface area contributed by atoms with Crippen molar-refractivity contribution >= 4 is 23.2 Å². The fourth-order valence-electron chi connectivity index (χ4n) is 3.82. The van der Waals surface area contributed by atoms with Crippen LogP contribution in [0.2, 0.25) is 5.02 Å². The number of hydrogen-bond acceptors (Lipinski definition) is 4. The Labute approximate surface area is 177 Å². The van der Waals surface area contributed by atoms with Crippen molar-refractivity contribution in [1.82, 2.24) is 4.90 Å². The maximum absolute atomic E-state index is 11.1. The van der Waals surface area contributed by atoms with Crippen LogP contribution in [0.4, 0.5) is 5.69 Å². The number of aliphatic hydroxyl groups is 1. The Morgan fingerprint density at radius 1 is 1.24 bits per heavy atom. The van der Waals surface area contributed by atoms with Gasteiger partial charge < -0.3 is 15.2 Å². The third kappa shape index (κ3) is 5.95. The molecular formula is C23H29ClN2O3. The summed E-state index contributed by atoms with van der Waals surface area (Å²) >= 11 is 6.22. The van der Waals surface area contributed by atoms with Gasteiger partial charge in [-0.1, -0.05) is 23.7 Å². The Kier molecular flexibility index (Phi) is 6.83. The highest BCUT2D eigenvalue weighted by atomic mass is 35.5. The molecule has 3 rings (SSSR count). The molecule has 0 bridgehead atoms. The summed E-state index contributed by atoms with van der Waals surface area (Å²) in [4.78, 5) is 13.4. The van der Waals surface area contributed by atoms with Crippen molar-refractivity contribution < 1.29 is 14.6 Å². The summed E-state index contributed by atoms with van der Waals surface area (Å²) in [5.41, 5.74) is 3.00. The second kappa shape index (κ2) is 9.16. The molecule has 6 heteroatoms. The van der Waals surface area contributed by atoms with E-state index < -0.39 is 5.60 Å². The van der Waals surface area contributed by atoms with E-state index >= 15 is 0 Å². The molecule has 0 aliphatic carbocycles. The lowest BCUT2D eigenvalue weighted by atomic mass is 9.93. The molecule has 1 unspecified atom stereocenters. The minimum atomic E-state index is -0.879. The summed E-state index contributed by atoms with van der Waals surface area (Å²) in [6, 6.07) is 11.7. The fourth-order valence-corrected chi connectivity index (χ4v) is 3.93. The SMILES string of the molecule is CC(=O)Nc1ccc(CN2CCCC(O)(COc3cc(C)c(Cl)c(C)c3)C2)cc1. The molecule has 2 N–H and O–H groups in total. The van der Waals surface area contributed by atoms with Gasteiger partial charge in [0.05, 0.1) is 0 Å². The molecule has 1 fully saturated rings. The van der Waals surface area contributed by atoms with E-state index in [9.17, 15) is 9.90 Å². The molecule has 29 heavy (non-hydrogen) atoms. The largest absolute Gasteiger partial charge is 0.491 e. The Balaban J connectivity index is 1.58. The number of rotatable bonds is 6. The van der Waals surface area contributed by atoms with Crippen molar-refractivity contribution in [3.63, 3.8) is 0 Å². The van der Waals surface area contributed by atoms with Gasteiger partial charge in [0.1, 0.15) is 18.0 Å². The van der Waals surface area contributed by atoms with Crippen LogP contribution in [0.25, 0.3) is 0 Å². The topological polar surface area (TPSA) is 61.8 Å². The van der Waals surface area contributed by atoms with Gasteiger partial charge in [-0.3, -0.25) is 9.69 Å². The molecule has 0 radical (unpaired) electrons. The van der Waals surface area contributed by atoms with Crippen molar-refractivity contribution in [3.8, 4) is 5.75 Å². The first-order valence-electron chi connectivity index (χ1n) is 9.95. The number of carbonyl (C=O) groups excluding carboxylic acids is 1. The zero-order chi connectivity index (χ0) is 21.0. The normalized spacial score (nSPS) is 19.8. The van der Waals surface area contributed by atoms with Gasteiger partial charge in [0.15, 0.2) is 0 Å². The first-order valence-corrected chi connectivity index (χ1v) is 10.3. The number of nitrogens with zero attached hydrogens (tertiary/aromatic N) is 1. The van der Waals surface area contributed by atoms with Crippen molar-refractivity contribution in [2.24, 2.45) is 0 Å². The van der Waals surface area contributed by atoms with E-state index in [0.717, 1.165) is 59.1 Å². The molecule has 5 nitrogen and oxygen atoms in total. The molecule has 2 aromatic rings. The molecule has 0 saturated carbocycles. The Bertz CT molecular complexity index is 846. The number of nitrogens with one attached hydrogen (secondary N) is 1. The summed E-state index contributed by atoms with van der Waals surface area (Å²) in [5, 5.41) is 14.6. The number of likely N-dealkylation sites (tertiary alicyclic amines) is 1. The van der Waals surface area contributed by atoms with E-state index in [1.54, 1.807) is 0 Å². The number of hydrogen-bond donors (Lipinski definition) is 2. The highest BCUT2D eigenvalue weighted by molar-refractivity contribution is 6.32. The first-order chi connectivity index (χ1) is 13.7. The van der Waals surface area contributed by atoms with Crippen LogP contribution >= 0.6 is 11.6 Å². The lowest BCUT2D eigenvalue weighted by Crippen LogP contribution is -2.51. The van der Waals surface area contributed by atoms with E-state index in [1.807, 2.05) is 50.2 Å². The second-order valence-corrected chi connectivity index (χ2v) is 8.45. The fraction of sp³-hybridized carbons (Fsp3) is 0.435. The molecule has 2 aromatic carbocycles. The summed E-state index contributed by atoms with van der Waals surface area (Å²) in [7, 11) is 0. The average Bonchev–Trinajstić information content (AvgIpc) is 2.66. The number of ether oxygens (including phenoxy) is 1. The van der Waals surface area contributed by atoms with Gasteiger partial charge in [0, 0.05) is 30.7 Å². The summed E-state index contributed by atoms with van der Waals surface area (Å²) in [5.74, 6) is 0.661. The van der Waals surface area contributed by atoms with Gasteiger partial charge in [-0.2, -0.15) is 0 Å². The third-order valence-electron chi connectivity index (χ3n) is 5.23. The summed E-state index contributed by atoms with van der Waals surface area (Å²) in [6.45, 7) is 7.92. The van der Waals surface area contributed by atoms with Crippen LogP contribution in [0.5, 0.6) is 5.75 Å². The highest BCUT2D eigenvalue weighted by Gasteiger charge is 2.34. The average molecular weight is 417 g/mol. The van der Waals surface area contributed by atoms with Crippen LogP contribution in [-0.4, -0.2) is 41.2 Å². The Morgan fingerprint density at radius 2 is 1.90 bits per heavy atom. The van der Waals surface area contributed by atoms with Gasteiger partial charge in [-0.05, 0) is 74.2 Å². The molecule has 1 aliphatic heterocycles. The van der Waals surface area contributed by atoms with Crippen LogP contribution in [0, 0.1) is 13.8 Å². The number of aryl methyl sites for hydroxylation is 2. The lowest BCUT2D eigenvalue weighted by molar-refractivity contribution is -0.114. The van der Waals surface area contributed by atoms with E-state index in [4.69, 9.17) is 16.3 Å². The Hall–Kier alpha value is -2.08. The van der Waals surface area contributed by atoms with Crippen molar-refractivity contribution in [2.45, 2.75) is 45.8 Å². The van der Waals surface area contributed by atoms with E-state index in [1.165, 1.54) is 6.92 Å². The number of piperidine rings is 1. The number of halogens is 1. The standard InChI is InChI=1S/C23H29ClN2O3/c1-16-11-21(12-17(2)22(16)24)29-15-23(28)9-4-10-26(14-23)13-19-5-7-20(8-6-19)25-18(3)27/h5-8,11-12,28H,4,9-10,13-15H2,1-3H3,(H,25,27). The smallest absolute Gasteiger partial charge is 0.221 e. The van der Waals surface area contributed by atoms with Gasteiger partial charge in [-0.25, -0.2) is 0 Å². The van der Waals surface area contributed by atoms with Crippen LogP contribution in [-0.2, 0) is 11.3 Å². The molecule has 1 saturated heterocycles. The number of amides is 1. The van der Waals surface area contributed by atoms with E-state index in [-0.39, 0.29) is 12.5 Å². The minimum Gasteiger partial charge on any atom is -0.491 e. The van der Waals surface area contributed by atoms with Gasteiger partial charge >= 0.3 is 0 Å². The maximum Gasteiger partial charge on any atom is 0.221 e. The molecule has 1 aliphatic rings. The highest BCUT2D eigenvalue weighted by Crippen LogP contribution is 2.28. The van der Waals surface area contributed by atoms with Crippen molar-refractivity contribution in [1.29, 1.82) is 0 Å². The molecular weight excluding hydrogens is 388 g/mol. The number of β-amino-alcohol motifs (C(OH)–C–C–N with tert-alkyl or cyclic N) is 1. The first kappa shape index (κ1) is 21.6. The van der Waals surface area contributed by atoms with Gasteiger partial charge in [-0.15, -0.1) is 0 Å². The van der Waals surface area contributed by atoms with E-state index in [2.05, 4.69) is 10.2 Å². The predicted molar refractivity (Wildman–Crippen MR) is 117 cm³/mol. The number of anilines is 1. The molecule has 1 heterocycles. The minimum absolute atomic E-state index is 0.0788. The summed E-state index contributed by atoms with van der Waals surface area (Å²) < 4.78 is 5.94. The molecule has 0 aromatic heterocycles. The monoisotopic (exact) mass is 416 g/mol.